The predicted molar refractivity (Wildman–Crippen MR) is 92.4 cm³/mol. The fourth-order valence-electron chi connectivity index (χ4n) is 1.98. The van der Waals surface area contributed by atoms with Gasteiger partial charge in [-0.15, -0.1) is 0 Å². The zero-order chi connectivity index (χ0) is 19.2. The number of hydrogen-bond acceptors (Lipinski definition) is 6. The molecule has 0 heterocycles. The van der Waals surface area contributed by atoms with Crippen molar-refractivity contribution < 1.29 is 24.0 Å². The Morgan fingerprint density at radius 3 is 2.48 bits per heavy atom. The Bertz CT molecular complexity index is 704. The summed E-state index contributed by atoms with van der Waals surface area (Å²) in [6, 6.07) is 2.85. The minimum atomic E-state index is -0.650. The van der Waals surface area contributed by atoms with Crippen LogP contribution in [0.3, 0.4) is 0 Å². The van der Waals surface area contributed by atoms with Crippen molar-refractivity contribution in [2.24, 2.45) is 0 Å². The van der Waals surface area contributed by atoms with Crippen LogP contribution in [0, 0.1) is 17.0 Å². The molecule has 1 aromatic carbocycles. The standard InChI is InChI=1S/C17H22N2O6/c1-11-13(15(20)24-5)9-12(10-14(11)19(22)23)7-6-8-18-16(21)25-17(2,3)4/h6-7,9-10H,8H2,1-5H3,(H,18,21). The molecule has 0 bridgehead atoms. The molecule has 0 saturated heterocycles. The van der Waals surface area contributed by atoms with E-state index in [0.717, 1.165) is 0 Å². The Kier molecular flexibility index (Phi) is 6.67. The fraction of sp³-hybridized carbons (Fsp3) is 0.412. The van der Waals surface area contributed by atoms with E-state index in [9.17, 15) is 19.7 Å². The number of amides is 1. The zero-order valence-electron chi connectivity index (χ0n) is 14.9. The summed E-state index contributed by atoms with van der Waals surface area (Å²) < 4.78 is 9.74. The van der Waals surface area contributed by atoms with Crippen molar-refractivity contribution in [3.05, 3.63) is 45.0 Å². The second-order valence-electron chi connectivity index (χ2n) is 6.25. The summed E-state index contributed by atoms with van der Waals surface area (Å²) in [6.45, 7) is 6.92. The van der Waals surface area contributed by atoms with Gasteiger partial charge in [-0.3, -0.25) is 10.1 Å². The SMILES string of the molecule is COC(=O)c1cc(C=CCNC(=O)OC(C)(C)C)cc([N+](=O)[O-])c1C. The molecule has 25 heavy (non-hydrogen) atoms. The molecule has 136 valence electrons. The lowest BCUT2D eigenvalue weighted by atomic mass is 10.0. The lowest BCUT2D eigenvalue weighted by Gasteiger charge is -2.19. The van der Waals surface area contributed by atoms with Crippen LogP contribution >= 0.6 is 0 Å². The van der Waals surface area contributed by atoms with Crippen LogP contribution < -0.4 is 5.32 Å². The smallest absolute Gasteiger partial charge is 0.407 e. The molecule has 8 nitrogen and oxygen atoms in total. The highest BCUT2D eigenvalue weighted by Gasteiger charge is 2.20. The Morgan fingerprint density at radius 1 is 1.32 bits per heavy atom. The third-order valence-electron chi connectivity index (χ3n) is 3.08. The van der Waals surface area contributed by atoms with E-state index in [4.69, 9.17) is 4.74 Å². The summed E-state index contributed by atoms with van der Waals surface area (Å²) in [5.41, 5.74) is 0.0320. The lowest BCUT2D eigenvalue weighted by molar-refractivity contribution is -0.385. The van der Waals surface area contributed by atoms with Gasteiger partial charge in [0, 0.05) is 18.2 Å². The first-order valence-corrected chi connectivity index (χ1v) is 7.56. The van der Waals surface area contributed by atoms with Gasteiger partial charge in [-0.05, 0) is 39.3 Å². The number of carbonyl (C=O) groups excluding carboxylic acids is 2. The van der Waals surface area contributed by atoms with Gasteiger partial charge in [0.05, 0.1) is 17.6 Å². The van der Waals surface area contributed by atoms with Crippen molar-refractivity contribution in [2.75, 3.05) is 13.7 Å². The van der Waals surface area contributed by atoms with E-state index >= 15 is 0 Å². The second-order valence-corrected chi connectivity index (χ2v) is 6.25. The number of benzene rings is 1. The van der Waals surface area contributed by atoms with E-state index in [1.807, 2.05) is 0 Å². The number of methoxy groups -OCH3 is 1. The van der Waals surface area contributed by atoms with Gasteiger partial charge in [0.2, 0.25) is 0 Å². The molecule has 8 heteroatoms. The van der Waals surface area contributed by atoms with Gasteiger partial charge in [0.15, 0.2) is 0 Å². The Hall–Kier alpha value is -2.90. The quantitative estimate of drug-likeness (QED) is 0.496. The molecule has 0 aromatic heterocycles. The van der Waals surface area contributed by atoms with Crippen LogP contribution in [0.1, 0.15) is 42.3 Å². The first-order chi connectivity index (χ1) is 11.5. The van der Waals surface area contributed by atoms with E-state index in [-0.39, 0.29) is 23.4 Å². The number of nitrogens with zero attached hydrogens (tertiary/aromatic N) is 1. The Balaban J connectivity index is 2.91. The first kappa shape index (κ1) is 20.1. The average Bonchev–Trinajstić information content (AvgIpc) is 2.49. The van der Waals surface area contributed by atoms with E-state index in [1.165, 1.54) is 26.2 Å². The molecule has 0 unspecified atom stereocenters. The van der Waals surface area contributed by atoms with Crippen LogP contribution in [0.4, 0.5) is 10.5 Å². The molecule has 0 fully saturated rings. The summed E-state index contributed by atoms with van der Waals surface area (Å²) in [6.07, 6.45) is 2.59. The van der Waals surface area contributed by atoms with Gasteiger partial charge < -0.3 is 14.8 Å². The molecular weight excluding hydrogens is 328 g/mol. The highest BCUT2D eigenvalue weighted by atomic mass is 16.6. The minimum absolute atomic E-state index is 0.122. The van der Waals surface area contributed by atoms with Gasteiger partial charge in [0.1, 0.15) is 5.60 Å². The molecule has 0 aliphatic heterocycles. The highest BCUT2D eigenvalue weighted by Crippen LogP contribution is 2.25. The highest BCUT2D eigenvalue weighted by molar-refractivity contribution is 5.93. The van der Waals surface area contributed by atoms with Gasteiger partial charge in [0.25, 0.3) is 5.69 Å². The summed E-state index contributed by atoms with van der Waals surface area (Å²) >= 11 is 0. The molecule has 1 amide bonds. The monoisotopic (exact) mass is 350 g/mol. The number of nitro benzene ring substituents is 1. The van der Waals surface area contributed by atoms with Gasteiger partial charge in [-0.25, -0.2) is 9.59 Å². The summed E-state index contributed by atoms with van der Waals surface area (Å²) in [4.78, 5) is 33.9. The maximum Gasteiger partial charge on any atom is 0.407 e. The van der Waals surface area contributed by atoms with Crippen LogP contribution in [-0.4, -0.2) is 36.2 Å². The van der Waals surface area contributed by atoms with Crippen molar-refractivity contribution >= 4 is 23.8 Å². The van der Waals surface area contributed by atoms with Crippen LogP contribution in [0.15, 0.2) is 18.2 Å². The molecule has 1 N–H and O–H groups in total. The molecule has 0 aliphatic rings. The van der Waals surface area contributed by atoms with Crippen LogP contribution in [0.25, 0.3) is 6.08 Å². The number of nitro groups is 1. The van der Waals surface area contributed by atoms with Crippen molar-refractivity contribution in [3.8, 4) is 0 Å². The molecule has 0 aliphatic carbocycles. The maximum absolute atomic E-state index is 11.8. The molecule has 1 rings (SSSR count). The number of rotatable bonds is 5. The van der Waals surface area contributed by atoms with Crippen LogP contribution in [0.5, 0.6) is 0 Å². The topological polar surface area (TPSA) is 108 Å². The molecule has 0 spiro atoms. The molecule has 0 atom stereocenters. The average molecular weight is 350 g/mol. The number of ether oxygens (including phenoxy) is 2. The van der Waals surface area contributed by atoms with Crippen molar-refractivity contribution in [2.45, 2.75) is 33.3 Å². The first-order valence-electron chi connectivity index (χ1n) is 7.56. The van der Waals surface area contributed by atoms with E-state index in [1.54, 1.807) is 32.9 Å². The maximum atomic E-state index is 11.8. The van der Waals surface area contributed by atoms with Gasteiger partial charge in [-0.1, -0.05) is 12.2 Å². The summed E-state index contributed by atoms with van der Waals surface area (Å²) in [5, 5.41) is 13.7. The van der Waals surface area contributed by atoms with Crippen molar-refractivity contribution in [3.63, 3.8) is 0 Å². The zero-order valence-corrected chi connectivity index (χ0v) is 14.9. The third-order valence-corrected chi connectivity index (χ3v) is 3.08. The van der Waals surface area contributed by atoms with Crippen molar-refractivity contribution in [1.82, 2.24) is 5.32 Å². The molecular formula is C17H22N2O6. The number of esters is 1. The Morgan fingerprint density at radius 2 is 1.96 bits per heavy atom. The number of alkyl carbamates (subject to hydrolysis) is 1. The minimum Gasteiger partial charge on any atom is -0.465 e. The van der Waals surface area contributed by atoms with Crippen molar-refractivity contribution in [1.29, 1.82) is 0 Å². The second kappa shape index (κ2) is 8.27. The summed E-state index contributed by atoms with van der Waals surface area (Å²) in [7, 11) is 1.21. The fourth-order valence-corrected chi connectivity index (χ4v) is 1.98. The Labute approximate surface area is 146 Å². The number of nitrogens with one attached hydrogen (secondary N) is 1. The van der Waals surface area contributed by atoms with E-state index in [2.05, 4.69) is 10.1 Å². The largest absolute Gasteiger partial charge is 0.465 e. The van der Waals surface area contributed by atoms with Gasteiger partial charge in [-0.2, -0.15) is 0 Å². The van der Waals surface area contributed by atoms with E-state index < -0.39 is 22.6 Å². The molecule has 1 aromatic rings. The molecule has 0 saturated carbocycles. The number of hydrogen-bond donors (Lipinski definition) is 1. The predicted octanol–water partition coefficient (Wildman–Crippen LogP) is 3.23. The molecule has 0 radical (unpaired) electrons. The van der Waals surface area contributed by atoms with Gasteiger partial charge >= 0.3 is 12.1 Å². The van der Waals surface area contributed by atoms with Crippen LogP contribution in [0.2, 0.25) is 0 Å². The normalized spacial score (nSPS) is 11.2. The van der Waals surface area contributed by atoms with Crippen LogP contribution in [-0.2, 0) is 9.47 Å². The number of carbonyl (C=O) groups is 2. The van der Waals surface area contributed by atoms with E-state index in [0.29, 0.717) is 5.56 Å². The third kappa shape index (κ3) is 6.25. The summed E-state index contributed by atoms with van der Waals surface area (Å²) in [5.74, 6) is -0.650. The lowest BCUT2D eigenvalue weighted by Crippen LogP contribution is -2.32.